The number of sulfonamides is 1. The molecule has 0 saturated carbocycles. The highest BCUT2D eigenvalue weighted by Crippen LogP contribution is 2.22. The van der Waals surface area contributed by atoms with Crippen LogP contribution in [0, 0.1) is 0 Å². The summed E-state index contributed by atoms with van der Waals surface area (Å²) in [7, 11) is -1.50. The lowest BCUT2D eigenvalue weighted by atomic mass is 10.1. The average Bonchev–Trinajstić information content (AvgIpc) is 3.16. The van der Waals surface area contributed by atoms with Gasteiger partial charge >= 0.3 is 0 Å². The molecule has 0 spiro atoms. The molecule has 170 valence electrons. The third kappa shape index (κ3) is 6.80. The Balaban J connectivity index is 0.00000320. The number of fused-ring (bicyclic) bond motifs is 1. The predicted octanol–water partition coefficient (Wildman–Crippen LogP) is 2.24. The first-order valence-corrected chi connectivity index (χ1v) is 12.2. The van der Waals surface area contributed by atoms with Crippen molar-refractivity contribution in [3.63, 3.8) is 0 Å². The smallest absolute Gasteiger partial charge is 0.216 e. The van der Waals surface area contributed by atoms with E-state index in [0.29, 0.717) is 26.2 Å². The number of benzene rings is 1. The molecule has 1 heterocycles. The zero-order valence-corrected chi connectivity index (χ0v) is 21.4. The number of guanidine groups is 1. The number of aliphatic imine (C=N–C) groups is 1. The first kappa shape index (κ1) is 25.4. The molecular formula is C21H35IN4O3S. The van der Waals surface area contributed by atoms with Gasteiger partial charge in [-0.25, -0.2) is 8.42 Å². The van der Waals surface area contributed by atoms with Crippen molar-refractivity contribution in [1.82, 2.24) is 14.5 Å². The second-order valence-electron chi connectivity index (χ2n) is 7.98. The van der Waals surface area contributed by atoms with Gasteiger partial charge in [-0.2, -0.15) is 4.31 Å². The van der Waals surface area contributed by atoms with E-state index in [1.165, 1.54) is 36.0 Å². The Kier molecular flexibility index (Phi) is 9.83. The van der Waals surface area contributed by atoms with Gasteiger partial charge in [-0.15, -0.1) is 24.0 Å². The molecule has 3 rings (SSSR count). The molecular weight excluding hydrogens is 515 g/mol. The SMILES string of the molecule is CN=C(NCc1ccc2c(c1)CCC2)N1CCN(S(=O)(=O)CCOC(C)C)CC1.I. The highest BCUT2D eigenvalue weighted by molar-refractivity contribution is 14.0. The van der Waals surface area contributed by atoms with E-state index in [0.717, 1.165) is 12.5 Å². The van der Waals surface area contributed by atoms with Crippen molar-refractivity contribution in [2.45, 2.75) is 45.8 Å². The van der Waals surface area contributed by atoms with Crippen LogP contribution in [0.5, 0.6) is 0 Å². The standard InChI is InChI=1S/C21H34N4O3S.HI/c1-17(2)28-13-14-29(26,27)25-11-9-24(10-12-25)21(22-3)23-16-18-7-8-19-5-4-6-20(19)15-18;/h7-8,15,17H,4-6,9-14,16H2,1-3H3,(H,22,23);1H. The van der Waals surface area contributed by atoms with Gasteiger partial charge in [0, 0.05) is 39.8 Å². The minimum Gasteiger partial charge on any atom is -0.378 e. The number of nitrogens with zero attached hydrogens (tertiary/aromatic N) is 3. The molecule has 1 N–H and O–H groups in total. The van der Waals surface area contributed by atoms with Crippen LogP contribution in [0.3, 0.4) is 0 Å². The van der Waals surface area contributed by atoms with Crippen molar-refractivity contribution in [2.24, 2.45) is 4.99 Å². The molecule has 1 fully saturated rings. The number of nitrogens with one attached hydrogen (secondary N) is 1. The van der Waals surface area contributed by atoms with Crippen LogP contribution in [0.25, 0.3) is 0 Å². The van der Waals surface area contributed by atoms with Gasteiger partial charge in [0.2, 0.25) is 10.0 Å². The lowest BCUT2D eigenvalue weighted by Crippen LogP contribution is -2.54. The minimum atomic E-state index is -3.27. The zero-order valence-electron chi connectivity index (χ0n) is 18.3. The summed E-state index contributed by atoms with van der Waals surface area (Å²) < 4.78 is 32.0. The molecule has 9 heteroatoms. The van der Waals surface area contributed by atoms with Gasteiger partial charge < -0.3 is 15.0 Å². The lowest BCUT2D eigenvalue weighted by Gasteiger charge is -2.35. The van der Waals surface area contributed by atoms with E-state index in [1.807, 2.05) is 13.8 Å². The molecule has 1 aliphatic heterocycles. The summed E-state index contributed by atoms with van der Waals surface area (Å²) in [6, 6.07) is 6.73. The number of piperazine rings is 1. The lowest BCUT2D eigenvalue weighted by molar-refractivity contribution is 0.0904. The van der Waals surface area contributed by atoms with E-state index in [2.05, 4.69) is 33.4 Å². The van der Waals surface area contributed by atoms with Crippen LogP contribution in [0.15, 0.2) is 23.2 Å². The summed E-state index contributed by atoms with van der Waals surface area (Å²) in [4.78, 5) is 6.53. The first-order chi connectivity index (χ1) is 13.9. The van der Waals surface area contributed by atoms with Gasteiger partial charge in [0.25, 0.3) is 0 Å². The van der Waals surface area contributed by atoms with Crippen LogP contribution in [-0.2, 0) is 34.1 Å². The third-order valence-corrected chi connectivity index (χ3v) is 7.38. The summed E-state index contributed by atoms with van der Waals surface area (Å²) in [5, 5.41) is 3.43. The number of hydrogen-bond donors (Lipinski definition) is 1. The maximum absolute atomic E-state index is 12.5. The quantitative estimate of drug-likeness (QED) is 0.321. The van der Waals surface area contributed by atoms with Crippen molar-refractivity contribution < 1.29 is 13.2 Å². The van der Waals surface area contributed by atoms with Crippen LogP contribution < -0.4 is 5.32 Å². The number of ether oxygens (including phenoxy) is 1. The summed E-state index contributed by atoms with van der Waals surface area (Å²) in [6.07, 6.45) is 3.67. The van der Waals surface area contributed by atoms with E-state index in [1.54, 1.807) is 11.4 Å². The first-order valence-electron chi connectivity index (χ1n) is 10.5. The molecule has 1 aromatic carbocycles. The molecule has 7 nitrogen and oxygen atoms in total. The summed E-state index contributed by atoms with van der Waals surface area (Å²) in [6.45, 7) is 7.00. The molecule has 0 radical (unpaired) electrons. The zero-order chi connectivity index (χ0) is 20.9. The normalized spacial score (nSPS) is 17.7. The van der Waals surface area contributed by atoms with E-state index in [9.17, 15) is 8.42 Å². The predicted molar refractivity (Wildman–Crippen MR) is 132 cm³/mol. The molecule has 30 heavy (non-hydrogen) atoms. The van der Waals surface area contributed by atoms with Crippen LogP contribution >= 0.6 is 24.0 Å². The van der Waals surface area contributed by atoms with Crippen LogP contribution in [0.2, 0.25) is 0 Å². The molecule has 0 atom stereocenters. The van der Waals surface area contributed by atoms with Gasteiger partial charge in [-0.1, -0.05) is 18.2 Å². The molecule has 0 bridgehead atoms. The Bertz CT molecular complexity index is 822. The van der Waals surface area contributed by atoms with Crippen molar-refractivity contribution in [2.75, 3.05) is 45.6 Å². The number of hydrogen-bond acceptors (Lipinski definition) is 4. The molecule has 0 unspecified atom stereocenters. The van der Waals surface area contributed by atoms with Gasteiger partial charge in [0.15, 0.2) is 5.96 Å². The Morgan fingerprint density at radius 1 is 1.17 bits per heavy atom. The number of halogens is 1. The molecule has 0 aromatic heterocycles. The monoisotopic (exact) mass is 550 g/mol. The summed E-state index contributed by atoms with van der Waals surface area (Å²) >= 11 is 0. The van der Waals surface area contributed by atoms with E-state index >= 15 is 0 Å². The fourth-order valence-electron chi connectivity index (χ4n) is 3.94. The van der Waals surface area contributed by atoms with Gasteiger partial charge in [0.1, 0.15) is 0 Å². The number of rotatable bonds is 7. The molecule has 1 aromatic rings. The fraction of sp³-hybridized carbons (Fsp3) is 0.667. The van der Waals surface area contributed by atoms with E-state index in [4.69, 9.17) is 4.74 Å². The molecule has 1 aliphatic carbocycles. The highest BCUT2D eigenvalue weighted by atomic mass is 127. The van der Waals surface area contributed by atoms with E-state index in [-0.39, 0.29) is 42.4 Å². The molecule has 0 amide bonds. The summed E-state index contributed by atoms with van der Waals surface area (Å²) in [5.74, 6) is 0.863. The Labute approximate surface area is 198 Å². The maximum atomic E-state index is 12.5. The molecule has 1 saturated heterocycles. The third-order valence-electron chi connectivity index (χ3n) is 5.55. The second-order valence-corrected chi connectivity index (χ2v) is 10.1. The van der Waals surface area contributed by atoms with Crippen LogP contribution in [0.1, 0.15) is 37.0 Å². The van der Waals surface area contributed by atoms with Crippen molar-refractivity contribution >= 4 is 40.0 Å². The highest BCUT2D eigenvalue weighted by Gasteiger charge is 2.28. The van der Waals surface area contributed by atoms with Gasteiger partial charge in [-0.3, -0.25) is 4.99 Å². The van der Waals surface area contributed by atoms with Crippen molar-refractivity contribution in [1.29, 1.82) is 0 Å². The molecule has 2 aliphatic rings. The topological polar surface area (TPSA) is 74.2 Å². The Morgan fingerprint density at radius 2 is 1.87 bits per heavy atom. The van der Waals surface area contributed by atoms with Crippen LogP contribution in [0.4, 0.5) is 0 Å². The van der Waals surface area contributed by atoms with Gasteiger partial charge in [0.05, 0.1) is 18.5 Å². The Hall–Kier alpha value is -0.910. The Morgan fingerprint density at radius 3 is 2.53 bits per heavy atom. The van der Waals surface area contributed by atoms with E-state index < -0.39 is 10.0 Å². The van der Waals surface area contributed by atoms with Crippen LogP contribution in [-0.4, -0.2) is 75.3 Å². The summed E-state index contributed by atoms with van der Waals surface area (Å²) in [5.41, 5.74) is 4.21. The van der Waals surface area contributed by atoms with Gasteiger partial charge in [-0.05, 0) is 49.8 Å². The maximum Gasteiger partial charge on any atom is 0.216 e. The largest absolute Gasteiger partial charge is 0.378 e. The average molecular weight is 551 g/mol. The van der Waals surface area contributed by atoms with Crippen molar-refractivity contribution in [3.05, 3.63) is 34.9 Å². The number of aryl methyl sites for hydroxylation is 2. The minimum absolute atomic E-state index is 0. The second kappa shape index (κ2) is 11.6. The van der Waals surface area contributed by atoms with Crippen molar-refractivity contribution in [3.8, 4) is 0 Å². The fourth-order valence-corrected chi connectivity index (χ4v) is 5.23.